The second-order valence-corrected chi connectivity index (χ2v) is 6.00. The molecule has 2 amide bonds. The Hall–Kier alpha value is -2.76. The average molecular weight is 327 g/mol. The maximum atomic E-state index is 12.3. The molecule has 0 spiro atoms. The molecule has 0 bridgehead atoms. The predicted molar refractivity (Wildman–Crippen MR) is 92.3 cm³/mol. The highest BCUT2D eigenvalue weighted by molar-refractivity contribution is 5.94. The molecule has 1 fully saturated rings. The molecule has 0 aliphatic carbocycles. The van der Waals surface area contributed by atoms with Gasteiger partial charge in [0, 0.05) is 30.5 Å². The van der Waals surface area contributed by atoms with E-state index in [1.807, 2.05) is 61.1 Å². The van der Waals surface area contributed by atoms with Crippen molar-refractivity contribution in [2.75, 3.05) is 23.4 Å². The first-order valence-electron chi connectivity index (χ1n) is 8.02. The van der Waals surface area contributed by atoms with Crippen LogP contribution in [0.15, 0.2) is 42.7 Å². The molecule has 0 unspecified atom stereocenters. The average Bonchev–Trinajstić information content (AvgIpc) is 3.20. The molecule has 6 nitrogen and oxygen atoms in total. The lowest BCUT2D eigenvalue weighted by molar-refractivity contribution is -0.116. The van der Waals surface area contributed by atoms with Crippen LogP contribution in [0.3, 0.4) is 0 Å². The summed E-state index contributed by atoms with van der Waals surface area (Å²) in [6, 6.07) is 9.52. The van der Waals surface area contributed by atoms with E-state index >= 15 is 0 Å². The fraction of sp³-hybridized carbons (Fsp3) is 0.333. The van der Waals surface area contributed by atoms with Gasteiger partial charge in [-0.1, -0.05) is 6.07 Å². The first kappa shape index (κ1) is 16.1. The lowest BCUT2D eigenvalue weighted by Gasteiger charge is -2.18. The molecule has 1 N–H and O–H groups in total. The van der Waals surface area contributed by atoms with Crippen molar-refractivity contribution in [1.82, 2.24) is 4.57 Å². The number of ether oxygens (including phenoxy) is 1. The second-order valence-electron chi connectivity index (χ2n) is 6.00. The van der Waals surface area contributed by atoms with Crippen LogP contribution in [0.4, 0.5) is 16.2 Å². The first-order chi connectivity index (χ1) is 11.5. The van der Waals surface area contributed by atoms with Crippen molar-refractivity contribution in [2.45, 2.75) is 26.3 Å². The topological polar surface area (TPSA) is 63.6 Å². The molecule has 126 valence electrons. The minimum atomic E-state index is -0.345. The number of aryl methyl sites for hydroxylation is 1. The third-order valence-electron chi connectivity index (χ3n) is 4.16. The second kappa shape index (κ2) is 6.78. The normalized spacial score (nSPS) is 15.2. The summed E-state index contributed by atoms with van der Waals surface area (Å²) in [5.41, 5.74) is 2.42. The van der Waals surface area contributed by atoms with Gasteiger partial charge in [-0.25, -0.2) is 4.79 Å². The van der Waals surface area contributed by atoms with Crippen LogP contribution in [0.5, 0.6) is 0 Å². The number of cyclic esters (lactones) is 1. The molecule has 1 aromatic carbocycles. The minimum Gasteiger partial charge on any atom is -0.447 e. The molecule has 1 atom stereocenters. The molecule has 0 radical (unpaired) electrons. The van der Waals surface area contributed by atoms with E-state index in [0.29, 0.717) is 25.3 Å². The molecule has 24 heavy (non-hydrogen) atoms. The fourth-order valence-corrected chi connectivity index (χ4v) is 2.82. The lowest BCUT2D eigenvalue weighted by atomic mass is 10.1. The predicted octanol–water partition coefficient (Wildman–Crippen LogP) is 3.34. The van der Waals surface area contributed by atoms with Crippen LogP contribution in [0.25, 0.3) is 0 Å². The fourth-order valence-electron chi connectivity index (χ4n) is 2.82. The third kappa shape index (κ3) is 3.42. The SMILES string of the molecule is Cc1ccc(NC(=O)C[C@@H](C)n2cccc2)cc1N1CCOC1=O. The van der Waals surface area contributed by atoms with Gasteiger partial charge >= 0.3 is 6.09 Å². The monoisotopic (exact) mass is 327 g/mol. The summed E-state index contributed by atoms with van der Waals surface area (Å²) >= 11 is 0. The Morgan fingerprint density at radius 1 is 1.33 bits per heavy atom. The molecule has 1 aliphatic rings. The van der Waals surface area contributed by atoms with E-state index in [4.69, 9.17) is 4.74 Å². The number of aromatic nitrogens is 1. The maximum Gasteiger partial charge on any atom is 0.414 e. The van der Waals surface area contributed by atoms with Crippen molar-refractivity contribution < 1.29 is 14.3 Å². The van der Waals surface area contributed by atoms with Crippen LogP contribution in [0.1, 0.15) is 24.9 Å². The highest BCUT2D eigenvalue weighted by Gasteiger charge is 2.25. The molecule has 1 saturated heterocycles. The van der Waals surface area contributed by atoms with Gasteiger partial charge in [-0.05, 0) is 43.7 Å². The van der Waals surface area contributed by atoms with Gasteiger partial charge in [0.1, 0.15) is 6.61 Å². The molecule has 3 rings (SSSR count). The first-order valence-corrected chi connectivity index (χ1v) is 8.02. The number of anilines is 2. The van der Waals surface area contributed by atoms with Crippen molar-refractivity contribution in [2.24, 2.45) is 0 Å². The van der Waals surface area contributed by atoms with Crippen molar-refractivity contribution >= 4 is 23.4 Å². The van der Waals surface area contributed by atoms with E-state index < -0.39 is 0 Å². The number of benzene rings is 1. The largest absolute Gasteiger partial charge is 0.447 e. The summed E-state index contributed by atoms with van der Waals surface area (Å²) in [5, 5.41) is 2.91. The number of hydrogen-bond acceptors (Lipinski definition) is 3. The summed E-state index contributed by atoms with van der Waals surface area (Å²) in [6.07, 6.45) is 3.92. The third-order valence-corrected chi connectivity index (χ3v) is 4.16. The summed E-state index contributed by atoms with van der Waals surface area (Å²) < 4.78 is 6.99. The number of amides is 2. The van der Waals surface area contributed by atoms with Crippen molar-refractivity contribution in [3.8, 4) is 0 Å². The quantitative estimate of drug-likeness (QED) is 0.916. The number of rotatable bonds is 5. The van der Waals surface area contributed by atoms with Crippen LogP contribution in [0, 0.1) is 6.92 Å². The van der Waals surface area contributed by atoms with E-state index in [-0.39, 0.29) is 18.0 Å². The van der Waals surface area contributed by atoms with Crippen LogP contribution < -0.4 is 10.2 Å². The van der Waals surface area contributed by atoms with Crippen LogP contribution in [-0.4, -0.2) is 29.7 Å². The molecular formula is C18H21N3O3. The summed E-state index contributed by atoms with van der Waals surface area (Å²) in [4.78, 5) is 25.6. The number of hydrogen-bond donors (Lipinski definition) is 1. The number of carbonyl (C=O) groups is 2. The summed E-state index contributed by atoms with van der Waals surface area (Å²) in [5.74, 6) is -0.0602. The zero-order valence-corrected chi connectivity index (χ0v) is 13.9. The Bertz CT molecular complexity index is 740. The number of nitrogens with zero attached hydrogens (tertiary/aromatic N) is 2. The van der Waals surface area contributed by atoms with Gasteiger partial charge in [-0.2, -0.15) is 0 Å². The van der Waals surface area contributed by atoms with Gasteiger partial charge in [0.15, 0.2) is 0 Å². The van der Waals surface area contributed by atoms with Crippen molar-refractivity contribution in [3.05, 3.63) is 48.3 Å². The maximum absolute atomic E-state index is 12.3. The van der Waals surface area contributed by atoms with E-state index in [2.05, 4.69) is 5.32 Å². The molecule has 6 heteroatoms. The summed E-state index contributed by atoms with van der Waals surface area (Å²) in [7, 11) is 0. The smallest absolute Gasteiger partial charge is 0.414 e. The molecule has 2 heterocycles. The molecule has 0 saturated carbocycles. The van der Waals surface area contributed by atoms with Gasteiger partial charge in [-0.3, -0.25) is 9.69 Å². The van der Waals surface area contributed by atoms with Gasteiger partial charge in [0.05, 0.1) is 12.2 Å². The zero-order chi connectivity index (χ0) is 17.1. The van der Waals surface area contributed by atoms with Gasteiger partial charge in [0.2, 0.25) is 5.91 Å². The molecule has 1 aromatic heterocycles. The zero-order valence-electron chi connectivity index (χ0n) is 13.9. The van der Waals surface area contributed by atoms with Crippen LogP contribution >= 0.6 is 0 Å². The van der Waals surface area contributed by atoms with Crippen molar-refractivity contribution in [1.29, 1.82) is 0 Å². The highest BCUT2D eigenvalue weighted by Crippen LogP contribution is 2.27. The number of carbonyl (C=O) groups excluding carboxylic acids is 2. The standard InChI is InChI=1S/C18H21N3O3/c1-13-5-6-15(12-16(13)21-9-10-24-18(21)23)19-17(22)11-14(2)20-7-3-4-8-20/h3-8,12,14H,9-11H2,1-2H3,(H,19,22)/t14-/m1/s1. The van der Waals surface area contributed by atoms with E-state index in [9.17, 15) is 9.59 Å². The Kier molecular flexibility index (Phi) is 4.55. The lowest BCUT2D eigenvalue weighted by Crippen LogP contribution is -2.24. The van der Waals surface area contributed by atoms with Crippen LogP contribution in [-0.2, 0) is 9.53 Å². The summed E-state index contributed by atoms with van der Waals surface area (Å²) in [6.45, 7) is 4.85. The Morgan fingerprint density at radius 2 is 2.08 bits per heavy atom. The minimum absolute atomic E-state index is 0.0602. The van der Waals surface area contributed by atoms with Crippen LogP contribution in [0.2, 0.25) is 0 Å². The molecular weight excluding hydrogens is 306 g/mol. The Labute approximate surface area is 141 Å². The van der Waals surface area contributed by atoms with Gasteiger partial charge < -0.3 is 14.6 Å². The van der Waals surface area contributed by atoms with Crippen molar-refractivity contribution in [3.63, 3.8) is 0 Å². The Balaban J connectivity index is 1.69. The highest BCUT2D eigenvalue weighted by atomic mass is 16.6. The number of nitrogens with one attached hydrogen (secondary N) is 1. The van der Waals surface area contributed by atoms with Gasteiger partial charge in [-0.15, -0.1) is 0 Å². The van der Waals surface area contributed by atoms with E-state index in [0.717, 1.165) is 11.3 Å². The molecule has 1 aliphatic heterocycles. The molecule has 2 aromatic rings. The van der Waals surface area contributed by atoms with Gasteiger partial charge in [0.25, 0.3) is 0 Å². The van der Waals surface area contributed by atoms with E-state index in [1.165, 1.54) is 0 Å². The van der Waals surface area contributed by atoms with E-state index in [1.54, 1.807) is 4.90 Å². The Morgan fingerprint density at radius 3 is 2.75 bits per heavy atom.